The van der Waals surface area contributed by atoms with Gasteiger partial charge in [-0.15, -0.1) is 6.42 Å². The molecule has 0 aromatic heterocycles. The van der Waals surface area contributed by atoms with E-state index in [1.54, 1.807) is 6.08 Å². The Morgan fingerprint density at radius 2 is 1.38 bits per heavy atom. The Bertz CT molecular complexity index is 1430. The Hall–Kier alpha value is -3.65. The number of hydrogen-bond acceptors (Lipinski definition) is 0. The first kappa shape index (κ1) is 25.0. The molecule has 1 aliphatic rings. The minimum atomic E-state index is -0.656. The van der Waals surface area contributed by atoms with Crippen molar-refractivity contribution in [2.24, 2.45) is 0 Å². The van der Waals surface area contributed by atoms with Gasteiger partial charge in [-0.25, -0.2) is 0 Å². The van der Waals surface area contributed by atoms with Gasteiger partial charge in [0.15, 0.2) is 0 Å². The standard InChI is InChI=1S/C36H33P/c1-4-5-6-7-8-11-18-28-19-16-24-33-31(28)27-32-34(36(33,2)3)25-17-26-35(32)37(29-20-12-9-13-21-29)30-22-14-10-15-23-30/h1,5-10,12-17,19-26H,11,18,27H2,2-3H3/b6-5-,8-7-. The SMILES string of the molecule is C#C/C=C\C=C/CCc1cccc2c1Cc1c(P(c3ccccc3)c3ccccc3)cccc1C2(C)C. The van der Waals surface area contributed by atoms with E-state index in [0.717, 1.165) is 19.3 Å². The molecule has 0 heterocycles. The van der Waals surface area contributed by atoms with E-state index in [0.29, 0.717) is 0 Å². The molecule has 0 saturated heterocycles. The van der Waals surface area contributed by atoms with Crippen LogP contribution in [-0.2, 0) is 18.3 Å². The van der Waals surface area contributed by atoms with Crippen molar-refractivity contribution in [3.8, 4) is 12.3 Å². The summed E-state index contributed by atoms with van der Waals surface area (Å²) in [5.41, 5.74) is 7.37. The van der Waals surface area contributed by atoms with Crippen LogP contribution in [0.15, 0.2) is 121 Å². The van der Waals surface area contributed by atoms with Gasteiger partial charge in [-0.1, -0.05) is 135 Å². The lowest BCUT2D eigenvalue weighted by atomic mass is 9.68. The van der Waals surface area contributed by atoms with Crippen LogP contribution in [0.4, 0.5) is 0 Å². The topological polar surface area (TPSA) is 0 Å². The number of terminal acetylenes is 1. The van der Waals surface area contributed by atoms with E-state index >= 15 is 0 Å². The molecule has 0 fully saturated rings. The van der Waals surface area contributed by atoms with Crippen molar-refractivity contribution in [3.05, 3.63) is 149 Å². The predicted molar refractivity (Wildman–Crippen MR) is 162 cm³/mol. The highest BCUT2D eigenvalue weighted by atomic mass is 31.1. The highest BCUT2D eigenvalue weighted by molar-refractivity contribution is 7.79. The van der Waals surface area contributed by atoms with Crippen LogP contribution in [-0.4, -0.2) is 0 Å². The highest BCUT2D eigenvalue weighted by Gasteiger charge is 2.35. The van der Waals surface area contributed by atoms with Crippen molar-refractivity contribution in [1.82, 2.24) is 0 Å². The van der Waals surface area contributed by atoms with Crippen LogP contribution >= 0.6 is 7.92 Å². The average Bonchev–Trinajstić information content (AvgIpc) is 2.93. The van der Waals surface area contributed by atoms with Gasteiger partial charge in [0.05, 0.1) is 0 Å². The van der Waals surface area contributed by atoms with Crippen molar-refractivity contribution in [2.75, 3.05) is 0 Å². The van der Waals surface area contributed by atoms with Crippen molar-refractivity contribution in [3.63, 3.8) is 0 Å². The van der Waals surface area contributed by atoms with Crippen LogP contribution in [0.25, 0.3) is 0 Å². The van der Waals surface area contributed by atoms with Crippen molar-refractivity contribution in [2.45, 2.75) is 38.5 Å². The van der Waals surface area contributed by atoms with Crippen LogP contribution in [0.3, 0.4) is 0 Å². The molecule has 0 radical (unpaired) electrons. The highest BCUT2D eigenvalue weighted by Crippen LogP contribution is 2.45. The van der Waals surface area contributed by atoms with E-state index in [-0.39, 0.29) is 5.41 Å². The molecule has 4 aromatic carbocycles. The first-order valence-electron chi connectivity index (χ1n) is 13.0. The van der Waals surface area contributed by atoms with Gasteiger partial charge in [0.1, 0.15) is 0 Å². The van der Waals surface area contributed by atoms with E-state index in [1.165, 1.54) is 43.7 Å². The third-order valence-electron chi connectivity index (χ3n) is 7.41. The maximum absolute atomic E-state index is 5.31. The zero-order chi connectivity index (χ0) is 25.7. The molecule has 37 heavy (non-hydrogen) atoms. The lowest BCUT2D eigenvalue weighted by molar-refractivity contribution is 0.609. The molecule has 0 aliphatic heterocycles. The summed E-state index contributed by atoms with van der Waals surface area (Å²) in [5.74, 6) is 2.54. The Balaban J connectivity index is 1.60. The second-order valence-electron chi connectivity index (χ2n) is 10.0. The summed E-state index contributed by atoms with van der Waals surface area (Å²) in [4.78, 5) is 0. The van der Waals surface area contributed by atoms with Gasteiger partial charge in [0.2, 0.25) is 0 Å². The molecule has 4 aromatic rings. The van der Waals surface area contributed by atoms with E-state index in [4.69, 9.17) is 6.42 Å². The summed E-state index contributed by atoms with van der Waals surface area (Å²) in [7, 11) is -0.656. The summed E-state index contributed by atoms with van der Waals surface area (Å²) in [6.45, 7) is 4.80. The second kappa shape index (κ2) is 11.2. The summed E-state index contributed by atoms with van der Waals surface area (Å²) in [5, 5.41) is 4.29. The minimum absolute atomic E-state index is 0.0469. The molecular formula is C36H33P. The smallest absolute Gasteiger partial charge is 0.0152 e. The first-order chi connectivity index (χ1) is 18.1. The molecule has 0 atom stereocenters. The monoisotopic (exact) mass is 496 g/mol. The fourth-order valence-corrected chi connectivity index (χ4v) is 8.15. The summed E-state index contributed by atoms with van der Waals surface area (Å²) >= 11 is 0. The van der Waals surface area contributed by atoms with Crippen molar-refractivity contribution < 1.29 is 0 Å². The lowest BCUT2D eigenvalue weighted by Crippen LogP contribution is -2.33. The Labute approximate surface area is 223 Å². The molecule has 0 nitrogen and oxygen atoms in total. The summed E-state index contributed by atoms with van der Waals surface area (Å²) in [6, 6.07) is 36.1. The summed E-state index contributed by atoms with van der Waals surface area (Å²) < 4.78 is 0. The molecule has 0 bridgehead atoms. The zero-order valence-electron chi connectivity index (χ0n) is 21.7. The molecule has 0 unspecified atom stereocenters. The van der Waals surface area contributed by atoms with Gasteiger partial charge in [-0.3, -0.25) is 0 Å². The largest absolute Gasteiger partial charge is 0.115 e. The van der Waals surface area contributed by atoms with Crippen LogP contribution in [0.1, 0.15) is 48.1 Å². The third kappa shape index (κ3) is 5.11. The predicted octanol–water partition coefficient (Wildman–Crippen LogP) is 7.35. The molecule has 0 spiro atoms. The molecule has 0 N–H and O–H groups in total. The van der Waals surface area contributed by atoms with Gasteiger partial charge in [-0.2, -0.15) is 0 Å². The number of fused-ring (bicyclic) bond motifs is 2. The normalized spacial score (nSPS) is 14.0. The number of aryl methyl sites for hydroxylation is 1. The molecule has 182 valence electrons. The van der Waals surface area contributed by atoms with Crippen LogP contribution in [0, 0.1) is 12.3 Å². The van der Waals surface area contributed by atoms with E-state index in [2.05, 4.69) is 129 Å². The van der Waals surface area contributed by atoms with Gasteiger partial charge >= 0.3 is 0 Å². The molecular weight excluding hydrogens is 463 g/mol. The summed E-state index contributed by atoms with van der Waals surface area (Å²) in [6.07, 6.45) is 16.3. The molecule has 0 amide bonds. The molecule has 5 rings (SSSR count). The molecule has 1 heteroatoms. The van der Waals surface area contributed by atoms with E-state index in [9.17, 15) is 0 Å². The Morgan fingerprint density at radius 1 is 0.757 bits per heavy atom. The second-order valence-corrected chi connectivity index (χ2v) is 12.2. The van der Waals surface area contributed by atoms with Crippen LogP contribution in [0.2, 0.25) is 0 Å². The molecule has 0 saturated carbocycles. The minimum Gasteiger partial charge on any atom is -0.115 e. The molecule has 1 aliphatic carbocycles. The van der Waals surface area contributed by atoms with Crippen LogP contribution in [0.5, 0.6) is 0 Å². The van der Waals surface area contributed by atoms with Gasteiger partial charge in [0.25, 0.3) is 0 Å². The van der Waals surface area contributed by atoms with Crippen molar-refractivity contribution in [1.29, 1.82) is 0 Å². The van der Waals surface area contributed by atoms with E-state index < -0.39 is 7.92 Å². The maximum atomic E-state index is 5.31. The van der Waals surface area contributed by atoms with E-state index in [1.807, 2.05) is 6.08 Å². The quantitative estimate of drug-likeness (QED) is 0.143. The van der Waals surface area contributed by atoms with Crippen LogP contribution < -0.4 is 15.9 Å². The number of benzene rings is 4. The lowest BCUT2D eigenvalue weighted by Gasteiger charge is -2.38. The van der Waals surface area contributed by atoms with Gasteiger partial charge in [-0.05, 0) is 77.0 Å². The maximum Gasteiger partial charge on any atom is 0.0152 e. The Kier molecular flexibility index (Phi) is 7.55. The van der Waals surface area contributed by atoms with Gasteiger partial charge in [0, 0.05) is 5.41 Å². The number of rotatable bonds is 7. The fourth-order valence-electron chi connectivity index (χ4n) is 5.65. The number of hydrogen-bond donors (Lipinski definition) is 0. The average molecular weight is 497 g/mol. The first-order valence-corrected chi connectivity index (χ1v) is 14.4. The zero-order valence-corrected chi connectivity index (χ0v) is 22.6. The number of allylic oxidation sites excluding steroid dienone is 4. The van der Waals surface area contributed by atoms with Crippen molar-refractivity contribution >= 4 is 23.8 Å². The fraction of sp³-hybridized carbons (Fsp3) is 0.167. The van der Waals surface area contributed by atoms with Gasteiger partial charge < -0.3 is 0 Å². The third-order valence-corrected chi connectivity index (χ3v) is 9.94. The Morgan fingerprint density at radius 3 is 2.03 bits per heavy atom.